The number of likely N-dealkylation sites (tertiary alicyclic amines) is 1. The molecule has 3 N–H and O–H groups in total. The van der Waals surface area contributed by atoms with Gasteiger partial charge in [0, 0.05) is 31.4 Å². The Kier molecular flexibility index (Phi) is 5.43. The maximum Gasteiger partial charge on any atom is 0.394 e. The molecule has 2 rings (SSSR count). The molecular formula is C17H23F2N3O2. The van der Waals surface area contributed by atoms with Gasteiger partial charge in [0.2, 0.25) is 0 Å². The molecule has 7 heteroatoms. The zero-order valence-corrected chi connectivity index (χ0v) is 14.0. The third-order valence-electron chi connectivity index (χ3n) is 3.56. The molecule has 0 bridgehead atoms. The first kappa shape index (κ1) is 18.2. The van der Waals surface area contributed by atoms with E-state index in [1.54, 1.807) is 23.1 Å². The largest absolute Gasteiger partial charge is 0.433 e. The zero-order chi connectivity index (χ0) is 17.9. The van der Waals surface area contributed by atoms with Gasteiger partial charge in [-0.25, -0.2) is 0 Å². The van der Waals surface area contributed by atoms with Crippen molar-refractivity contribution in [2.24, 2.45) is 5.92 Å². The number of nitrogens with one attached hydrogen (secondary N) is 2. The summed E-state index contributed by atoms with van der Waals surface area (Å²) >= 11 is 0. The molecule has 1 aliphatic heterocycles. The number of ether oxygens (including phenoxy) is 1. The molecule has 0 aliphatic carbocycles. The van der Waals surface area contributed by atoms with Crippen LogP contribution in [0.3, 0.4) is 0 Å². The zero-order valence-electron chi connectivity index (χ0n) is 14.0. The number of anilines is 1. The second kappa shape index (κ2) is 7.17. The molecule has 1 saturated heterocycles. The van der Waals surface area contributed by atoms with Crippen molar-refractivity contribution in [1.82, 2.24) is 4.90 Å². The predicted molar refractivity (Wildman–Crippen MR) is 89.5 cm³/mol. The third kappa shape index (κ3) is 5.19. The lowest BCUT2D eigenvalue weighted by Gasteiger charge is -2.37. The molecule has 1 aromatic carbocycles. The molecule has 1 heterocycles. The van der Waals surface area contributed by atoms with Gasteiger partial charge in [-0.1, -0.05) is 13.8 Å². The number of amidine groups is 1. The van der Waals surface area contributed by atoms with Crippen LogP contribution in [-0.4, -0.2) is 41.1 Å². The summed E-state index contributed by atoms with van der Waals surface area (Å²) in [6.45, 7) is 5.62. The van der Waals surface area contributed by atoms with Crippen LogP contribution in [0.1, 0.15) is 20.8 Å². The van der Waals surface area contributed by atoms with Gasteiger partial charge in [0.1, 0.15) is 11.6 Å². The SMILES string of the molecule is CC(C)/C(=C/C(=N)N1CC(O)C1)Nc1ccc(OC(C)(F)F)cc1. The number of benzene rings is 1. The highest BCUT2D eigenvalue weighted by atomic mass is 19.3. The Hall–Kier alpha value is -2.15. The first-order chi connectivity index (χ1) is 11.1. The van der Waals surface area contributed by atoms with Gasteiger partial charge < -0.3 is 20.1 Å². The Morgan fingerprint density at radius 2 is 1.96 bits per heavy atom. The maximum atomic E-state index is 12.8. The number of hydrogen-bond acceptors (Lipinski definition) is 4. The Morgan fingerprint density at radius 3 is 2.42 bits per heavy atom. The number of rotatable bonds is 6. The smallest absolute Gasteiger partial charge is 0.394 e. The minimum Gasteiger partial charge on any atom is -0.433 e. The first-order valence-electron chi connectivity index (χ1n) is 7.81. The van der Waals surface area contributed by atoms with Crippen LogP contribution < -0.4 is 10.1 Å². The van der Waals surface area contributed by atoms with E-state index in [1.807, 2.05) is 13.8 Å². The molecule has 132 valence electrons. The number of alkyl halides is 2. The van der Waals surface area contributed by atoms with Crippen molar-refractivity contribution < 1.29 is 18.6 Å². The number of aliphatic hydroxyl groups excluding tert-OH is 1. The van der Waals surface area contributed by atoms with Crippen LogP contribution in [0, 0.1) is 11.3 Å². The Balaban J connectivity index is 2.03. The summed E-state index contributed by atoms with van der Waals surface area (Å²) in [5, 5.41) is 20.6. The van der Waals surface area contributed by atoms with Gasteiger partial charge in [-0.2, -0.15) is 8.78 Å². The lowest BCUT2D eigenvalue weighted by molar-refractivity contribution is -0.158. The molecule has 0 aromatic heterocycles. The van der Waals surface area contributed by atoms with Gasteiger partial charge in [-0.05, 0) is 36.3 Å². The van der Waals surface area contributed by atoms with E-state index in [4.69, 9.17) is 5.41 Å². The average Bonchev–Trinajstić information content (AvgIpc) is 2.43. The monoisotopic (exact) mass is 339 g/mol. The number of hydrogen-bond donors (Lipinski definition) is 3. The minimum atomic E-state index is -3.21. The maximum absolute atomic E-state index is 12.8. The molecular weight excluding hydrogens is 316 g/mol. The number of halogens is 2. The predicted octanol–water partition coefficient (Wildman–Crippen LogP) is 3.28. The molecule has 0 radical (unpaired) electrons. The van der Waals surface area contributed by atoms with Crippen LogP contribution in [0.5, 0.6) is 5.75 Å². The van der Waals surface area contributed by atoms with Crippen molar-refractivity contribution in [3.8, 4) is 5.75 Å². The normalized spacial score (nSPS) is 16.1. The fraction of sp³-hybridized carbons (Fsp3) is 0.471. The molecule has 1 fully saturated rings. The van der Waals surface area contributed by atoms with Crippen LogP contribution in [-0.2, 0) is 0 Å². The van der Waals surface area contributed by atoms with E-state index in [-0.39, 0.29) is 17.8 Å². The molecule has 1 aromatic rings. The fourth-order valence-electron chi connectivity index (χ4n) is 2.22. The van der Waals surface area contributed by atoms with E-state index < -0.39 is 6.11 Å². The third-order valence-corrected chi connectivity index (χ3v) is 3.56. The van der Waals surface area contributed by atoms with Crippen molar-refractivity contribution in [1.29, 1.82) is 5.41 Å². The summed E-state index contributed by atoms with van der Waals surface area (Å²) in [6, 6.07) is 6.23. The van der Waals surface area contributed by atoms with Crippen molar-refractivity contribution in [2.75, 3.05) is 18.4 Å². The lowest BCUT2D eigenvalue weighted by Crippen LogP contribution is -2.52. The highest BCUT2D eigenvalue weighted by Crippen LogP contribution is 2.24. The van der Waals surface area contributed by atoms with E-state index >= 15 is 0 Å². The van der Waals surface area contributed by atoms with Crippen molar-refractivity contribution in [3.63, 3.8) is 0 Å². The second-order valence-electron chi connectivity index (χ2n) is 6.26. The van der Waals surface area contributed by atoms with Crippen LogP contribution >= 0.6 is 0 Å². The van der Waals surface area contributed by atoms with Gasteiger partial charge in [-0.3, -0.25) is 5.41 Å². The van der Waals surface area contributed by atoms with Crippen molar-refractivity contribution in [2.45, 2.75) is 33.0 Å². The minimum absolute atomic E-state index is 0.0884. The number of nitrogens with zero attached hydrogens (tertiary/aromatic N) is 1. The average molecular weight is 339 g/mol. The summed E-state index contributed by atoms with van der Waals surface area (Å²) in [5.74, 6) is 0.569. The topological polar surface area (TPSA) is 68.6 Å². The van der Waals surface area contributed by atoms with Crippen LogP contribution in [0.4, 0.5) is 14.5 Å². The van der Waals surface area contributed by atoms with E-state index in [0.717, 1.165) is 11.4 Å². The molecule has 1 aliphatic rings. The van der Waals surface area contributed by atoms with Crippen molar-refractivity contribution in [3.05, 3.63) is 36.0 Å². The fourth-order valence-corrected chi connectivity index (χ4v) is 2.22. The highest BCUT2D eigenvalue weighted by molar-refractivity contribution is 5.92. The van der Waals surface area contributed by atoms with Gasteiger partial charge in [0.05, 0.1) is 6.10 Å². The lowest BCUT2D eigenvalue weighted by atomic mass is 10.1. The number of allylic oxidation sites excluding steroid dienone is 1. The standard InChI is InChI=1S/C17H23F2N3O2/c1-11(2)15(8-16(20)22-9-13(23)10-22)21-12-4-6-14(7-5-12)24-17(3,18)19/h4-8,11,13,20-21,23H,9-10H2,1-3H3/b15-8-,20-16?. The quantitative estimate of drug-likeness (QED) is 0.549. The molecule has 0 unspecified atom stereocenters. The Bertz CT molecular complexity index is 603. The Labute approximate surface area is 140 Å². The highest BCUT2D eigenvalue weighted by Gasteiger charge is 2.26. The van der Waals surface area contributed by atoms with Crippen LogP contribution in [0.15, 0.2) is 36.0 Å². The van der Waals surface area contributed by atoms with E-state index in [1.165, 1.54) is 12.1 Å². The molecule has 5 nitrogen and oxygen atoms in total. The second-order valence-corrected chi connectivity index (χ2v) is 6.26. The molecule has 0 spiro atoms. The van der Waals surface area contributed by atoms with E-state index in [0.29, 0.717) is 25.8 Å². The molecule has 0 atom stereocenters. The number of aliphatic hydroxyl groups is 1. The summed E-state index contributed by atoms with van der Waals surface area (Å²) in [7, 11) is 0. The van der Waals surface area contributed by atoms with Crippen molar-refractivity contribution >= 4 is 11.5 Å². The van der Waals surface area contributed by atoms with Crippen LogP contribution in [0.2, 0.25) is 0 Å². The van der Waals surface area contributed by atoms with Gasteiger partial charge in [-0.15, -0.1) is 0 Å². The van der Waals surface area contributed by atoms with Gasteiger partial charge in [0.25, 0.3) is 0 Å². The summed E-state index contributed by atoms with van der Waals surface area (Å²) in [6.07, 6.45) is -1.85. The van der Waals surface area contributed by atoms with E-state index in [9.17, 15) is 13.9 Å². The molecule has 0 saturated carbocycles. The summed E-state index contributed by atoms with van der Waals surface area (Å²) < 4.78 is 30.1. The summed E-state index contributed by atoms with van der Waals surface area (Å²) in [5.41, 5.74) is 1.55. The summed E-state index contributed by atoms with van der Waals surface area (Å²) in [4.78, 5) is 1.77. The van der Waals surface area contributed by atoms with Gasteiger partial charge in [0.15, 0.2) is 0 Å². The number of β-amino-alcohol motifs (C(OH)–C–C–N with tert-alkyl or cyclic N) is 1. The Morgan fingerprint density at radius 1 is 1.38 bits per heavy atom. The molecule has 0 amide bonds. The van der Waals surface area contributed by atoms with Gasteiger partial charge >= 0.3 is 6.11 Å². The van der Waals surface area contributed by atoms with Crippen LogP contribution in [0.25, 0.3) is 0 Å². The van der Waals surface area contributed by atoms with E-state index in [2.05, 4.69) is 10.1 Å². The first-order valence-corrected chi connectivity index (χ1v) is 7.81. The molecule has 24 heavy (non-hydrogen) atoms.